The second-order valence-corrected chi connectivity index (χ2v) is 9.60. The van der Waals surface area contributed by atoms with Gasteiger partial charge in [-0.05, 0) is 57.5 Å². The van der Waals surface area contributed by atoms with Crippen molar-refractivity contribution in [1.82, 2.24) is 9.62 Å². The van der Waals surface area contributed by atoms with Gasteiger partial charge in [-0.25, -0.2) is 17.5 Å². The Morgan fingerprint density at radius 3 is 2.40 bits per heavy atom. The molecule has 2 aromatic rings. The van der Waals surface area contributed by atoms with Crippen molar-refractivity contribution >= 4 is 21.6 Å². The molecule has 0 aromatic heterocycles. The molecule has 1 N–H and O–H groups in total. The summed E-state index contributed by atoms with van der Waals surface area (Å²) in [7, 11) is -3.81. The van der Waals surface area contributed by atoms with E-state index in [1.165, 1.54) is 11.6 Å². The average molecular weight is 434 g/mol. The number of nitrogens with zero attached hydrogens (tertiary/aromatic N) is 2. The van der Waals surface area contributed by atoms with Crippen molar-refractivity contribution in [2.24, 2.45) is 0 Å². The Morgan fingerprint density at radius 1 is 1.03 bits per heavy atom. The fourth-order valence-corrected chi connectivity index (χ4v) is 4.80. The average Bonchev–Trinajstić information content (AvgIpc) is 2.93. The number of sulfonamides is 1. The molecule has 1 fully saturated rings. The van der Waals surface area contributed by atoms with Crippen LogP contribution >= 0.6 is 0 Å². The highest BCUT2D eigenvalue weighted by atomic mass is 32.2. The lowest BCUT2D eigenvalue weighted by Gasteiger charge is -2.24. The second kappa shape index (κ2) is 9.14. The van der Waals surface area contributed by atoms with Crippen LogP contribution in [0.25, 0.3) is 0 Å². The molecule has 162 valence electrons. The number of carbonyl (C=O) groups is 1. The highest BCUT2D eigenvalue weighted by molar-refractivity contribution is 7.89. The van der Waals surface area contributed by atoms with Crippen molar-refractivity contribution in [3.8, 4) is 0 Å². The quantitative estimate of drug-likeness (QED) is 0.786. The predicted molar refractivity (Wildman–Crippen MR) is 116 cm³/mol. The van der Waals surface area contributed by atoms with E-state index in [-0.39, 0.29) is 16.5 Å². The number of hydrogen-bond acceptors (Lipinski definition) is 4. The molecule has 1 heterocycles. The number of amides is 1. The Kier molecular flexibility index (Phi) is 6.77. The molecule has 0 unspecified atom stereocenters. The van der Waals surface area contributed by atoms with Gasteiger partial charge >= 0.3 is 0 Å². The van der Waals surface area contributed by atoms with Gasteiger partial charge in [-0.1, -0.05) is 17.7 Å². The van der Waals surface area contributed by atoms with E-state index >= 15 is 0 Å². The van der Waals surface area contributed by atoms with Crippen molar-refractivity contribution in [1.29, 1.82) is 0 Å². The van der Waals surface area contributed by atoms with E-state index in [9.17, 15) is 17.6 Å². The van der Waals surface area contributed by atoms with Gasteiger partial charge in [-0.15, -0.1) is 0 Å². The molecular weight excluding hydrogens is 405 g/mol. The molecule has 1 aliphatic heterocycles. The molecule has 0 spiro atoms. The molecule has 1 saturated heterocycles. The summed E-state index contributed by atoms with van der Waals surface area (Å²) in [5, 5.41) is 0. The predicted octanol–water partition coefficient (Wildman–Crippen LogP) is 3.17. The lowest BCUT2D eigenvalue weighted by molar-refractivity contribution is 0.0762. The number of rotatable bonds is 5. The Labute approximate surface area is 177 Å². The molecule has 0 aliphatic carbocycles. The minimum atomic E-state index is -3.81. The van der Waals surface area contributed by atoms with Crippen molar-refractivity contribution < 1.29 is 17.6 Å². The van der Waals surface area contributed by atoms with Crippen LogP contribution in [0.3, 0.4) is 0 Å². The molecule has 8 heteroatoms. The van der Waals surface area contributed by atoms with E-state index in [1.54, 1.807) is 18.7 Å². The summed E-state index contributed by atoms with van der Waals surface area (Å²) in [4.78, 5) is 16.7. The summed E-state index contributed by atoms with van der Waals surface area (Å²) in [6.45, 7) is 7.78. The van der Waals surface area contributed by atoms with Gasteiger partial charge in [0.05, 0.1) is 10.5 Å². The fourth-order valence-electron chi connectivity index (χ4n) is 3.52. The van der Waals surface area contributed by atoms with Crippen molar-refractivity contribution in [3.63, 3.8) is 0 Å². The molecule has 1 aliphatic rings. The van der Waals surface area contributed by atoms with E-state index < -0.39 is 21.7 Å². The topological polar surface area (TPSA) is 69.7 Å². The van der Waals surface area contributed by atoms with E-state index in [4.69, 9.17) is 0 Å². The number of halogens is 1. The molecule has 2 aromatic carbocycles. The van der Waals surface area contributed by atoms with Crippen LogP contribution in [0.2, 0.25) is 0 Å². The van der Waals surface area contributed by atoms with Gasteiger partial charge in [-0.3, -0.25) is 4.79 Å². The zero-order valence-corrected chi connectivity index (χ0v) is 18.4. The maximum absolute atomic E-state index is 14.4. The lowest BCUT2D eigenvalue weighted by Crippen LogP contribution is -2.36. The van der Waals surface area contributed by atoms with Gasteiger partial charge in [0.25, 0.3) is 5.91 Å². The number of anilines is 1. The minimum Gasteiger partial charge on any atom is -0.370 e. The van der Waals surface area contributed by atoms with Crippen LogP contribution in [0.15, 0.2) is 47.4 Å². The number of nitrogens with one attached hydrogen (secondary N) is 1. The Morgan fingerprint density at radius 2 is 1.73 bits per heavy atom. The number of carbonyl (C=O) groups excluding carboxylic acids is 1. The highest BCUT2D eigenvalue weighted by Gasteiger charge is 2.25. The molecule has 3 rings (SSSR count). The van der Waals surface area contributed by atoms with Crippen LogP contribution in [0.5, 0.6) is 0 Å². The van der Waals surface area contributed by atoms with Gasteiger partial charge in [0, 0.05) is 37.9 Å². The maximum atomic E-state index is 14.4. The zero-order chi connectivity index (χ0) is 21.9. The van der Waals surface area contributed by atoms with Gasteiger partial charge in [0.15, 0.2) is 0 Å². The van der Waals surface area contributed by atoms with Gasteiger partial charge in [0.2, 0.25) is 10.0 Å². The SMILES string of the molecule is Cc1ccc(N2CCCN(C(=O)c3cc(S(=O)(=O)NC(C)C)ccc3F)CC2)cc1. The van der Waals surface area contributed by atoms with Crippen molar-refractivity contribution in [3.05, 3.63) is 59.4 Å². The normalized spacial score (nSPS) is 15.4. The summed E-state index contributed by atoms with van der Waals surface area (Å²) in [6.07, 6.45) is 0.744. The largest absolute Gasteiger partial charge is 0.370 e. The second-order valence-electron chi connectivity index (χ2n) is 7.89. The first-order chi connectivity index (χ1) is 14.2. The van der Waals surface area contributed by atoms with E-state index in [0.717, 1.165) is 30.8 Å². The summed E-state index contributed by atoms with van der Waals surface area (Å²) < 4.78 is 41.7. The zero-order valence-electron chi connectivity index (χ0n) is 17.6. The molecule has 0 bridgehead atoms. The monoisotopic (exact) mass is 433 g/mol. The third kappa shape index (κ3) is 5.17. The van der Waals surface area contributed by atoms with E-state index in [2.05, 4.69) is 33.9 Å². The van der Waals surface area contributed by atoms with Crippen molar-refractivity contribution in [2.75, 3.05) is 31.1 Å². The van der Waals surface area contributed by atoms with Crippen LogP contribution in [-0.4, -0.2) is 51.4 Å². The summed E-state index contributed by atoms with van der Waals surface area (Å²) in [6, 6.07) is 11.3. The van der Waals surface area contributed by atoms with Crippen LogP contribution in [0, 0.1) is 12.7 Å². The Hall–Kier alpha value is -2.45. The van der Waals surface area contributed by atoms with E-state index in [1.807, 2.05) is 6.92 Å². The lowest BCUT2D eigenvalue weighted by atomic mass is 10.2. The maximum Gasteiger partial charge on any atom is 0.256 e. The first-order valence-electron chi connectivity index (χ1n) is 10.1. The van der Waals surface area contributed by atoms with Gasteiger partial charge < -0.3 is 9.80 Å². The van der Waals surface area contributed by atoms with Crippen molar-refractivity contribution in [2.45, 2.75) is 38.1 Å². The summed E-state index contributed by atoms with van der Waals surface area (Å²) in [5.74, 6) is -1.21. The number of hydrogen-bond donors (Lipinski definition) is 1. The highest BCUT2D eigenvalue weighted by Crippen LogP contribution is 2.21. The Balaban J connectivity index is 1.78. The molecule has 6 nitrogen and oxygen atoms in total. The van der Waals surface area contributed by atoms with E-state index in [0.29, 0.717) is 19.6 Å². The van der Waals surface area contributed by atoms with Crippen LogP contribution in [0.4, 0.5) is 10.1 Å². The minimum absolute atomic E-state index is 0.114. The molecule has 30 heavy (non-hydrogen) atoms. The first kappa shape index (κ1) is 22.2. The molecule has 0 radical (unpaired) electrons. The summed E-state index contributed by atoms with van der Waals surface area (Å²) in [5.41, 5.74) is 2.06. The van der Waals surface area contributed by atoms with Gasteiger partial charge in [-0.2, -0.15) is 0 Å². The fraction of sp³-hybridized carbons (Fsp3) is 0.409. The molecule has 1 amide bonds. The number of aryl methyl sites for hydroxylation is 1. The third-order valence-electron chi connectivity index (χ3n) is 5.05. The van der Waals surface area contributed by atoms with Crippen LogP contribution in [-0.2, 0) is 10.0 Å². The molecule has 0 atom stereocenters. The Bertz CT molecular complexity index is 1010. The number of benzene rings is 2. The summed E-state index contributed by atoms with van der Waals surface area (Å²) >= 11 is 0. The third-order valence-corrected chi connectivity index (χ3v) is 6.71. The van der Waals surface area contributed by atoms with Gasteiger partial charge in [0.1, 0.15) is 5.82 Å². The first-order valence-corrected chi connectivity index (χ1v) is 11.6. The van der Waals surface area contributed by atoms with Crippen LogP contribution < -0.4 is 9.62 Å². The van der Waals surface area contributed by atoms with Crippen LogP contribution in [0.1, 0.15) is 36.2 Å². The standard InChI is InChI=1S/C22H28FN3O3S/c1-16(2)24-30(28,29)19-9-10-21(23)20(15-19)22(27)26-12-4-11-25(13-14-26)18-7-5-17(3)6-8-18/h5-10,15-16,24H,4,11-14H2,1-3H3. The smallest absolute Gasteiger partial charge is 0.256 e. The molecule has 0 saturated carbocycles. The molecular formula is C22H28FN3O3S.